The summed E-state index contributed by atoms with van der Waals surface area (Å²) in [5.74, 6) is 1.50. The van der Waals surface area contributed by atoms with E-state index in [9.17, 15) is 0 Å². The summed E-state index contributed by atoms with van der Waals surface area (Å²) >= 11 is 1.68. The summed E-state index contributed by atoms with van der Waals surface area (Å²) in [4.78, 5) is 12.4. The van der Waals surface area contributed by atoms with Gasteiger partial charge in [-0.1, -0.05) is 27.7 Å². The molecule has 1 aliphatic rings. The van der Waals surface area contributed by atoms with E-state index in [1.807, 2.05) is 18.6 Å². The van der Waals surface area contributed by atoms with Gasteiger partial charge < -0.3 is 4.90 Å². The Hall–Kier alpha value is -0.770. The van der Waals surface area contributed by atoms with Crippen LogP contribution in [0.25, 0.3) is 0 Å². The van der Waals surface area contributed by atoms with Gasteiger partial charge in [0, 0.05) is 35.3 Å². The minimum Gasteiger partial charge on any atom is -0.336 e. The van der Waals surface area contributed by atoms with Crippen LogP contribution in [0.5, 0.6) is 0 Å². The smallest absolute Gasteiger partial charge is 0.225 e. The van der Waals surface area contributed by atoms with E-state index in [0.29, 0.717) is 17.4 Å². The van der Waals surface area contributed by atoms with Crippen LogP contribution in [-0.4, -0.2) is 28.8 Å². The predicted octanol–water partition coefficient (Wildman–Crippen LogP) is 3.07. The second-order valence-electron chi connectivity index (χ2n) is 5.73. The quantitative estimate of drug-likeness (QED) is 0.772. The Morgan fingerprint density at radius 1 is 1.35 bits per heavy atom. The van der Waals surface area contributed by atoms with Gasteiger partial charge in [0.05, 0.1) is 0 Å². The molecule has 1 aromatic rings. The van der Waals surface area contributed by atoms with Crippen molar-refractivity contribution >= 4 is 17.7 Å². The molecule has 1 aliphatic heterocycles. The van der Waals surface area contributed by atoms with Crippen LogP contribution in [0.3, 0.4) is 0 Å². The van der Waals surface area contributed by atoms with E-state index in [4.69, 9.17) is 0 Å². The van der Waals surface area contributed by atoms with Gasteiger partial charge in [-0.05, 0) is 12.2 Å². The normalized spacial score (nSPS) is 22.7. The first kappa shape index (κ1) is 12.7. The van der Waals surface area contributed by atoms with Crippen LogP contribution in [0.1, 0.15) is 27.7 Å². The van der Waals surface area contributed by atoms with Crippen molar-refractivity contribution < 1.29 is 0 Å². The Bertz CT molecular complexity index is 386. The number of nitrogens with zero attached hydrogens (tertiary/aromatic N) is 3. The lowest BCUT2D eigenvalue weighted by Gasteiger charge is -2.56. The van der Waals surface area contributed by atoms with Crippen molar-refractivity contribution in [2.45, 2.75) is 38.6 Å². The van der Waals surface area contributed by atoms with Gasteiger partial charge in [0.1, 0.15) is 0 Å². The largest absolute Gasteiger partial charge is 0.336 e. The average molecular weight is 251 g/mol. The minimum absolute atomic E-state index is 0.371. The number of aromatic nitrogens is 2. The third-order valence-corrected chi connectivity index (χ3v) is 4.14. The molecule has 17 heavy (non-hydrogen) atoms. The first-order chi connectivity index (χ1) is 7.95. The molecular weight excluding hydrogens is 230 g/mol. The molecule has 0 unspecified atom stereocenters. The van der Waals surface area contributed by atoms with Gasteiger partial charge in [0.15, 0.2) is 0 Å². The summed E-state index contributed by atoms with van der Waals surface area (Å²) in [5, 5.41) is 0. The summed E-state index contributed by atoms with van der Waals surface area (Å²) in [5.41, 5.74) is 0.371. The SMILES string of the molecule is CSc1cnc(N2CC(C)(C)[C@@H]2C(C)C)nc1. The lowest BCUT2D eigenvalue weighted by atomic mass is 9.70. The summed E-state index contributed by atoms with van der Waals surface area (Å²) in [6.07, 6.45) is 5.87. The third kappa shape index (κ3) is 2.28. The zero-order chi connectivity index (χ0) is 12.6. The molecular formula is C13H21N3S. The topological polar surface area (TPSA) is 29.0 Å². The van der Waals surface area contributed by atoms with Crippen molar-refractivity contribution in [3.8, 4) is 0 Å². The lowest BCUT2D eigenvalue weighted by molar-refractivity contribution is 0.133. The van der Waals surface area contributed by atoms with Crippen LogP contribution in [0.2, 0.25) is 0 Å². The second kappa shape index (κ2) is 4.48. The van der Waals surface area contributed by atoms with Crippen molar-refractivity contribution in [2.24, 2.45) is 11.3 Å². The molecule has 1 fully saturated rings. The molecule has 0 spiro atoms. The monoisotopic (exact) mass is 251 g/mol. The second-order valence-corrected chi connectivity index (χ2v) is 6.61. The van der Waals surface area contributed by atoms with Crippen molar-refractivity contribution in [3.63, 3.8) is 0 Å². The molecule has 0 aromatic carbocycles. The van der Waals surface area contributed by atoms with Crippen LogP contribution >= 0.6 is 11.8 Å². The highest BCUT2D eigenvalue weighted by molar-refractivity contribution is 7.98. The molecule has 94 valence electrons. The maximum absolute atomic E-state index is 4.46. The number of thioether (sulfide) groups is 1. The Morgan fingerprint density at radius 3 is 2.35 bits per heavy atom. The van der Waals surface area contributed by atoms with E-state index in [1.165, 1.54) is 0 Å². The summed E-state index contributed by atoms with van der Waals surface area (Å²) in [6.45, 7) is 10.2. The van der Waals surface area contributed by atoms with Crippen LogP contribution in [0, 0.1) is 11.3 Å². The van der Waals surface area contributed by atoms with E-state index in [0.717, 1.165) is 17.4 Å². The van der Waals surface area contributed by atoms with E-state index in [2.05, 4.69) is 42.6 Å². The van der Waals surface area contributed by atoms with Gasteiger partial charge in [-0.15, -0.1) is 11.8 Å². The van der Waals surface area contributed by atoms with Gasteiger partial charge in [0.2, 0.25) is 5.95 Å². The molecule has 0 saturated carbocycles. The molecule has 3 nitrogen and oxygen atoms in total. The van der Waals surface area contributed by atoms with Gasteiger partial charge in [-0.25, -0.2) is 9.97 Å². The Morgan fingerprint density at radius 2 is 1.94 bits per heavy atom. The molecule has 0 N–H and O–H groups in total. The van der Waals surface area contributed by atoms with Crippen molar-refractivity contribution in [2.75, 3.05) is 17.7 Å². The first-order valence-electron chi connectivity index (χ1n) is 6.08. The van der Waals surface area contributed by atoms with Crippen LogP contribution < -0.4 is 4.90 Å². The summed E-state index contributed by atoms with van der Waals surface area (Å²) in [6, 6.07) is 0.544. The molecule has 0 aliphatic carbocycles. The summed E-state index contributed by atoms with van der Waals surface area (Å²) < 4.78 is 0. The fraction of sp³-hybridized carbons (Fsp3) is 0.692. The molecule has 2 rings (SSSR count). The van der Waals surface area contributed by atoms with Gasteiger partial charge >= 0.3 is 0 Å². The lowest BCUT2D eigenvalue weighted by Crippen LogP contribution is -2.64. The highest BCUT2D eigenvalue weighted by Crippen LogP contribution is 2.42. The van der Waals surface area contributed by atoms with Crippen LogP contribution in [0.15, 0.2) is 17.3 Å². The van der Waals surface area contributed by atoms with Crippen molar-refractivity contribution in [1.82, 2.24) is 9.97 Å². The third-order valence-electron chi connectivity index (χ3n) is 3.45. The van der Waals surface area contributed by atoms with Gasteiger partial charge in [-0.3, -0.25) is 0 Å². The van der Waals surface area contributed by atoms with E-state index >= 15 is 0 Å². The Labute approximate surface area is 108 Å². The van der Waals surface area contributed by atoms with E-state index in [-0.39, 0.29) is 0 Å². The zero-order valence-electron chi connectivity index (χ0n) is 11.3. The maximum atomic E-state index is 4.46. The number of hydrogen-bond donors (Lipinski definition) is 0. The van der Waals surface area contributed by atoms with Crippen molar-refractivity contribution in [3.05, 3.63) is 12.4 Å². The van der Waals surface area contributed by atoms with Gasteiger partial charge in [0.25, 0.3) is 0 Å². The highest BCUT2D eigenvalue weighted by Gasteiger charge is 2.48. The van der Waals surface area contributed by atoms with Gasteiger partial charge in [-0.2, -0.15) is 0 Å². The standard InChI is InChI=1S/C13H21N3S/c1-9(2)11-13(3,4)8-16(11)12-14-6-10(17-5)7-15-12/h6-7,9,11H,8H2,1-5H3/t11-/m0/s1. The number of hydrogen-bond acceptors (Lipinski definition) is 4. The maximum Gasteiger partial charge on any atom is 0.225 e. The number of rotatable bonds is 3. The Balaban J connectivity index is 2.18. The fourth-order valence-corrected chi connectivity index (χ4v) is 3.28. The highest BCUT2D eigenvalue weighted by atomic mass is 32.2. The molecule has 2 heterocycles. The zero-order valence-corrected chi connectivity index (χ0v) is 12.1. The molecule has 1 atom stereocenters. The molecule has 1 saturated heterocycles. The summed E-state index contributed by atoms with van der Waals surface area (Å²) in [7, 11) is 0. The molecule has 1 aromatic heterocycles. The van der Waals surface area contributed by atoms with E-state index < -0.39 is 0 Å². The number of anilines is 1. The van der Waals surface area contributed by atoms with E-state index in [1.54, 1.807) is 11.8 Å². The van der Waals surface area contributed by atoms with Crippen molar-refractivity contribution in [1.29, 1.82) is 0 Å². The van der Waals surface area contributed by atoms with Crippen LogP contribution in [0.4, 0.5) is 5.95 Å². The molecule has 0 bridgehead atoms. The first-order valence-corrected chi connectivity index (χ1v) is 7.31. The molecule has 4 heteroatoms. The fourth-order valence-electron chi connectivity index (χ4n) is 2.96. The Kier molecular flexibility index (Phi) is 3.34. The molecule has 0 amide bonds. The average Bonchev–Trinajstić information content (AvgIpc) is 2.25. The molecule has 0 radical (unpaired) electrons. The minimum atomic E-state index is 0.371. The van der Waals surface area contributed by atoms with Crippen LogP contribution in [-0.2, 0) is 0 Å². The predicted molar refractivity (Wildman–Crippen MR) is 73.6 cm³/mol.